The van der Waals surface area contributed by atoms with Gasteiger partial charge in [0.05, 0.1) is 6.42 Å². The Morgan fingerprint density at radius 2 is 1.74 bits per heavy atom. The van der Waals surface area contributed by atoms with E-state index < -0.39 is 11.9 Å². The lowest BCUT2D eigenvalue weighted by Gasteiger charge is -2.34. The maximum absolute atomic E-state index is 12.7. The smallest absolute Gasteiger partial charge is 0.304 e. The Kier molecular flexibility index (Phi) is 6.30. The summed E-state index contributed by atoms with van der Waals surface area (Å²) in [5, 5.41) is 9.15. The quantitative estimate of drug-likeness (QED) is 0.777. The molecule has 1 atom stereocenters. The van der Waals surface area contributed by atoms with E-state index in [9.17, 15) is 9.59 Å². The SMILES string of the molecule is CCc1ccc(C(=O)C(CC(=O)O)CN2CCN(C)CC2)cc1. The minimum atomic E-state index is -0.914. The van der Waals surface area contributed by atoms with Gasteiger partial charge in [-0.1, -0.05) is 31.2 Å². The molecule has 1 heterocycles. The van der Waals surface area contributed by atoms with Crippen LogP contribution in [0, 0.1) is 5.92 Å². The van der Waals surface area contributed by atoms with Gasteiger partial charge in [-0.05, 0) is 19.0 Å². The highest BCUT2D eigenvalue weighted by molar-refractivity contribution is 5.99. The Morgan fingerprint density at radius 1 is 1.13 bits per heavy atom. The van der Waals surface area contributed by atoms with Crippen LogP contribution in [0.3, 0.4) is 0 Å². The van der Waals surface area contributed by atoms with Crippen molar-refractivity contribution in [3.05, 3.63) is 35.4 Å². The van der Waals surface area contributed by atoms with E-state index in [4.69, 9.17) is 5.11 Å². The first-order valence-corrected chi connectivity index (χ1v) is 8.25. The van der Waals surface area contributed by atoms with Crippen molar-refractivity contribution in [3.63, 3.8) is 0 Å². The summed E-state index contributed by atoms with van der Waals surface area (Å²) in [5.74, 6) is -1.46. The Morgan fingerprint density at radius 3 is 2.26 bits per heavy atom. The zero-order valence-electron chi connectivity index (χ0n) is 14.0. The molecule has 1 aromatic rings. The van der Waals surface area contributed by atoms with Gasteiger partial charge in [-0.3, -0.25) is 9.59 Å². The van der Waals surface area contributed by atoms with Crippen molar-refractivity contribution in [2.75, 3.05) is 39.8 Å². The molecule has 126 valence electrons. The van der Waals surface area contributed by atoms with Gasteiger partial charge >= 0.3 is 5.97 Å². The second-order valence-electron chi connectivity index (χ2n) is 6.31. The molecule has 1 aliphatic rings. The lowest BCUT2D eigenvalue weighted by atomic mass is 9.93. The molecule has 0 saturated carbocycles. The van der Waals surface area contributed by atoms with Crippen molar-refractivity contribution in [1.29, 1.82) is 0 Å². The van der Waals surface area contributed by atoms with Crippen LogP contribution >= 0.6 is 0 Å². The highest BCUT2D eigenvalue weighted by atomic mass is 16.4. The molecular formula is C18H26N2O3. The first-order valence-electron chi connectivity index (χ1n) is 8.25. The van der Waals surface area contributed by atoms with E-state index in [2.05, 4.69) is 23.8 Å². The van der Waals surface area contributed by atoms with Crippen molar-refractivity contribution in [2.24, 2.45) is 5.92 Å². The molecule has 23 heavy (non-hydrogen) atoms. The second kappa shape index (κ2) is 8.22. The van der Waals surface area contributed by atoms with E-state index in [1.54, 1.807) is 0 Å². The summed E-state index contributed by atoms with van der Waals surface area (Å²) in [7, 11) is 2.08. The number of carbonyl (C=O) groups is 2. The predicted molar refractivity (Wildman–Crippen MR) is 89.8 cm³/mol. The number of carboxylic acids is 1. The molecule has 1 fully saturated rings. The van der Waals surface area contributed by atoms with Gasteiger partial charge in [-0.15, -0.1) is 0 Å². The van der Waals surface area contributed by atoms with Crippen LogP contribution in [0.4, 0.5) is 0 Å². The van der Waals surface area contributed by atoms with Crippen LogP contribution in [0.15, 0.2) is 24.3 Å². The zero-order valence-corrected chi connectivity index (χ0v) is 14.0. The minimum absolute atomic E-state index is 0.0611. The monoisotopic (exact) mass is 318 g/mol. The number of Topliss-reactive ketones (excluding diaryl/α,β-unsaturated/α-hetero) is 1. The first kappa shape index (κ1) is 17.6. The summed E-state index contributed by atoms with van der Waals surface area (Å²) in [6, 6.07) is 7.53. The van der Waals surface area contributed by atoms with E-state index in [1.807, 2.05) is 24.3 Å². The second-order valence-corrected chi connectivity index (χ2v) is 6.31. The van der Waals surface area contributed by atoms with Gasteiger partial charge in [0.15, 0.2) is 5.78 Å². The summed E-state index contributed by atoms with van der Waals surface area (Å²) >= 11 is 0. The third-order valence-electron chi connectivity index (χ3n) is 4.51. The fraction of sp³-hybridized carbons (Fsp3) is 0.556. The number of ketones is 1. The molecule has 0 radical (unpaired) electrons. The molecule has 1 unspecified atom stereocenters. The molecule has 2 rings (SSSR count). The van der Waals surface area contributed by atoms with E-state index >= 15 is 0 Å². The molecule has 0 aliphatic carbocycles. The molecule has 5 heteroatoms. The number of benzene rings is 1. The van der Waals surface area contributed by atoms with Crippen LogP contribution in [0.5, 0.6) is 0 Å². The number of aliphatic carboxylic acids is 1. The summed E-state index contributed by atoms with van der Waals surface area (Å²) < 4.78 is 0. The number of nitrogens with zero attached hydrogens (tertiary/aromatic N) is 2. The van der Waals surface area contributed by atoms with Gasteiger partial charge in [0, 0.05) is 44.2 Å². The molecule has 0 amide bonds. The van der Waals surface area contributed by atoms with E-state index in [1.165, 1.54) is 5.56 Å². The van der Waals surface area contributed by atoms with Crippen molar-refractivity contribution in [1.82, 2.24) is 9.80 Å². The number of carbonyl (C=O) groups excluding carboxylic acids is 1. The molecule has 0 spiro atoms. The van der Waals surface area contributed by atoms with Crippen LogP contribution in [0.25, 0.3) is 0 Å². The van der Waals surface area contributed by atoms with Gasteiger partial charge in [0.1, 0.15) is 0 Å². The molecule has 1 N–H and O–H groups in total. The van der Waals surface area contributed by atoms with E-state index in [0.717, 1.165) is 32.6 Å². The standard InChI is InChI=1S/C18H26N2O3/c1-3-14-4-6-15(7-5-14)18(23)16(12-17(21)22)13-20-10-8-19(2)9-11-20/h4-7,16H,3,8-13H2,1-2H3,(H,21,22). The van der Waals surface area contributed by atoms with Gasteiger partial charge in [-0.2, -0.15) is 0 Å². The normalized spacial score (nSPS) is 17.8. The topological polar surface area (TPSA) is 60.9 Å². The average Bonchev–Trinajstić information content (AvgIpc) is 2.55. The van der Waals surface area contributed by atoms with Gasteiger partial charge in [0.2, 0.25) is 0 Å². The summed E-state index contributed by atoms with van der Waals surface area (Å²) in [6.07, 6.45) is 0.815. The van der Waals surface area contributed by atoms with Crippen molar-refractivity contribution >= 4 is 11.8 Å². The van der Waals surface area contributed by atoms with Crippen LogP contribution in [0.1, 0.15) is 29.3 Å². The first-order chi connectivity index (χ1) is 11.0. The van der Waals surface area contributed by atoms with Crippen LogP contribution in [0.2, 0.25) is 0 Å². The predicted octanol–water partition coefficient (Wildman–Crippen LogP) is 1.77. The molecule has 5 nitrogen and oxygen atoms in total. The maximum Gasteiger partial charge on any atom is 0.304 e. The molecule has 1 aliphatic heterocycles. The van der Waals surface area contributed by atoms with Crippen LogP contribution in [-0.4, -0.2) is 66.4 Å². The van der Waals surface area contributed by atoms with Crippen molar-refractivity contribution in [3.8, 4) is 0 Å². The molecule has 0 aromatic heterocycles. The number of carboxylic acid groups (broad SMARTS) is 1. The number of aryl methyl sites for hydroxylation is 1. The number of hydrogen-bond acceptors (Lipinski definition) is 4. The van der Waals surface area contributed by atoms with Gasteiger partial charge in [0.25, 0.3) is 0 Å². The number of hydrogen-bond donors (Lipinski definition) is 1. The Bertz CT molecular complexity index is 534. The Labute approximate surface area is 137 Å². The lowest BCUT2D eigenvalue weighted by Crippen LogP contribution is -2.47. The highest BCUT2D eigenvalue weighted by Crippen LogP contribution is 2.17. The molecular weight excluding hydrogens is 292 g/mol. The highest BCUT2D eigenvalue weighted by Gasteiger charge is 2.26. The van der Waals surface area contributed by atoms with E-state index in [0.29, 0.717) is 12.1 Å². The average molecular weight is 318 g/mol. The largest absolute Gasteiger partial charge is 0.481 e. The summed E-state index contributed by atoms with van der Waals surface area (Å²) in [4.78, 5) is 28.3. The third-order valence-corrected chi connectivity index (χ3v) is 4.51. The number of rotatable bonds is 7. The molecule has 1 aromatic carbocycles. The lowest BCUT2D eigenvalue weighted by molar-refractivity contribution is -0.137. The molecule has 0 bridgehead atoms. The third kappa shape index (κ3) is 5.15. The van der Waals surface area contributed by atoms with Crippen LogP contribution < -0.4 is 0 Å². The minimum Gasteiger partial charge on any atom is -0.481 e. The van der Waals surface area contributed by atoms with Gasteiger partial charge in [-0.25, -0.2) is 0 Å². The van der Waals surface area contributed by atoms with Crippen molar-refractivity contribution < 1.29 is 14.7 Å². The maximum atomic E-state index is 12.7. The van der Waals surface area contributed by atoms with Gasteiger partial charge < -0.3 is 14.9 Å². The van der Waals surface area contributed by atoms with Crippen LogP contribution in [-0.2, 0) is 11.2 Å². The fourth-order valence-corrected chi connectivity index (χ4v) is 2.93. The number of likely N-dealkylation sites (N-methyl/N-ethyl adjacent to an activating group) is 1. The molecule has 1 saturated heterocycles. The summed E-state index contributed by atoms with van der Waals surface area (Å²) in [5.41, 5.74) is 1.79. The number of piperazine rings is 1. The Hall–Kier alpha value is -1.72. The zero-order chi connectivity index (χ0) is 16.8. The fourth-order valence-electron chi connectivity index (χ4n) is 2.93. The Balaban J connectivity index is 2.06. The van der Waals surface area contributed by atoms with Crippen molar-refractivity contribution in [2.45, 2.75) is 19.8 Å². The van der Waals surface area contributed by atoms with E-state index in [-0.39, 0.29) is 12.2 Å². The summed E-state index contributed by atoms with van der Waals surface area (Å²) in [6.45, 7) is 6.27.